The molecule has 5 nitrogen and oxygen atoms in total. The van der Waals surface area contributed by atoms with Crippen molar-refractivity contribution in [2.75, 3.05) is 19.8 Å². The second kappa shape index (κ2) is 10.7. The van der Waals surface area contributed by atoms with Gasteiger partial charge in [0.05, 0.1) is 6.61 Å². The molecule has 6 heteroatoms. The van der Waals surface area contributed by atoms with Crippen LogP contribution in [0.15, 0.2) is 35.5 Å². The van der Waals surface area contributed by atoms with E-state index in [1.165, 1.54) is 0 Å². The summed E-state index contributed by atoms with van der Waals surface area (Å²) >= 11 is 5.84. The number of carbonyl (C=O) groups is 1. The summed E-state index contributed by atoms with van der Waals surface area (Å²) in [5, 5.41) is 13.0. The van der Waals surface area contributed by atoms with Crippen molar-refractivity contribution in [1.29, 1.82) is 5.26 Å². The summed E-state index contributed by atoms with van der Waals surface area (Å²) < 4.78 is 10.1. The smallest absolute Gasteiger partial charge is 0.350 e. The quantitative estimate of drug-likeness (QED) is 0.324. The van der Waals surface area contributed by atoms with Gasteiger partial charge in [0.2, 0.25) is 0 Å². The third kappa shape index (κ3) is 6.72. The van der Waals surface area contributed by atoms with E-state index in [4.69, 9.17) is 21.1 Å². The number of hydrogen-bond donors (Lipinski definition) is 1. The first-order chi connectivity index (χ1) is 11.1. The normalized spacial score (nSPS) is 11.4. The lowest BCUT2D eigenvalue weighted by Gasteiger charge is -2.12. The van der Waals surface area contributed by atoms with Crippen LogP contribution < -0.4 is 5.32 Å². The molecule has 0 aliphatic heterocycles. The summed E-state index contributed by atoms with van der Waals surface area (Å²) in [6.07, 6.45) is 0.525. The van der Waals surface area contributed by atoms with Gasteiger partial charge in [0, 0.05) is 23.9 Å². The van der Waals surface area contributed by atoms with Crippen LogP contribution in [-0.2, 0) is 20.8 Å². The SMILES string of the molecule is CCOCCOC(=O)/C(C#N)=C(\CC)NCc1ccc(Cl)cc1. The molecule has 0 saturated carbocycles. The first-order valence-corrected chi connectivity index (χ1v) is 7.86. The molecule has 0 spiro atoms. The third-order valence-electron chi connectivity index (χ3n) is 3.06. The number of nitrogens with zero attached hydrogens (tertiary/aromatic N) is 1. The van der Waals surface area contributed by atoms with E-state index in [0.29, 0.717) is 36.9 Å². The number of esters is 1. The molecule has 1 aromatic rings. The highest BCUT2D eigenvalue weighted by molar-refractivity contribution is 6.30. The maximum Gasteiger partial charge on any atom is 0.350 e. The van der Waals surface area contributed by atoms with Crippen LogP contribution in [0.25, 0.3) is 0 Å². The highest BCUT2D eigenvalue weighted by Crippen LogP contribution is 2.12. The Morgan fingerprint density at radius 3 is 2.52 bits per heavy atom. The molecule has 1 rings (SSSR count). The molecule has 23 heavy (non-hydrogen) atoms. The number of rotatable bonds is 9. The Bertz CT molecular complexity index is 576. The van der Waals surface area contributed by atoms with Crippen LogP contribution in [0.1, 0.15) is 25.8 Å². The lowest BCUT2D eigenvalue weighted by Crippen LogP contribution is -2.20. The van der Waals surface area contributed by atoms with Gasteiger partial charge in [0.1, 0.15) is 12.7 Å². The van der Waals surface area contributed by atoms with Gasteiger partial charge in [0.25, 0.3) is 0 Å². The van der Waals surface area contributed by atoms with Crippen molar-refractivity contribution in [3.8, 4) is 6.07 Å². The lowest BCUT2D eigenvalue weighted by molar-refractivity contribution is -0.140. The summed E-state index contributed by atoms with van der Waals surface area (Å²) in [7, 11) is 0. The number of nitrogens with one attached hydrogen (secondary N) is 1. The molecule has 0 unspecified atom stereocenters. The Hall–Kier alpha value is -2.03. The first kappa shape index (κ1) is 19.0. The number of allylic oxidation sites excluding steroid dienone is 1. The van der Waals surface area contributed by atoms with E-state index in [-0.39, 0.29) is 12.2 Å². The predicted molar refractivity (Wildman–Crippen MR) is 88.7 cm³/mol. The Balaban J connectivity index is 2.68. The molecule has 0 saturated heterocycles. The highest BCUT2D eigenvalue weighted by atomic mass is 35.5. The average molecular weight is 337 g/mol. The van der Waals surface area contributed by atoms with Crippen molar-refractivity contribution in [2.45, 2.75) is 26.8 Å². The monoisotopic (exact) mass is 336 g/mol. The average Bonchev–Trinajstić information content (AvgIpc) is 2.56. The summed E-state index contributed by atoms with van der Waals surface area (Å²) in [5.74, 6) is -0.632. The molecule has 124 valence electrons. The Morgan fingerprint density at radius 2 is 1.96 bits per heavy atom. The van der Waals surface area contributed by atoms with E-state index in [0.717, 1.165) is 5.56 Å². The van der Waals surface area contributed by atoms with E-state index in [1.54, 1.807) is 12.1 Å². The number of nitriles is 1. The van der Waals surface area contributed by atoms with Crippen LogP contribution in [-0.4, -0.2) is 25.8 Å². The second-order valence-electron chi connectivity index (χ2n) is 4.63. The van der Waals surface area contributed by atoms with Crippen LogP contribution in [0, 0.1) is 11.3 Å². The molecular formula is C17H21ClN2O3. The molecule has 0 aliphatic rings. The summed E-state index contributed by atoms with van der Waals surface area (Å²) in [6, 6.07) is 9.27. The van der Waals surface area contributed by atoms with E-state index in [1.807, 2.05) is 32.0 Å². The van der Waals surface area contributed by atoms with Crippen molar-refractivity contribution < 1.29 is 14.3 Å². The highest BCUT2D eigenvalue weighted by Gasteiger charge is 2.16. The molecule has 0 atom stereocenters. The fraction of sp³-hybridized carbons (Fsp3) is 0.412. The van der Waals surface area contributed by atoms with Gasteiger partial charge in [0.15, 0.2) is 5.57 Å². The molecule has 0 fully saturated rings. The van der Waals surface area contributed by atoms with Gasteiger partial charge in [-0.25, -0.2) is 4.79 Å². The van der Waals surface area contributed by atoms with Crippen LogP contribution in [0.3, 0.4) is 0 Å². The Kier molecular flexibility index (Phi) is 8.81. The van der Waals surface area contributed by atoms with Crippen molar-refractivity contribution in [2.24, 2.45) is 0 Å². The minimum Gasteiger partial charge on any atom is -0.459 e. The number of benzene rings is 1. The van der Waals surface area contributed by atoms with Gasteiger partial charge in [-0.2, -0.15) is 5.26 Å². The maximum absolute atomic E-state index is 12.0. The zero-order chi connectivity index (χ0) is 17.1. The standard InChI is InChI=1S/C17H21ClN2O3/c1-3-16(20-12-13-5-7-14(18)8-6-13)15(11-19)17(21)23-10-9-22-4-2/h5-8,20H,3-4,9-10,12H2,1-2H3/b16-15+. The van der Waals surface area contributed by atoms with Crippen molar-refractivity contribution in [1.82, 2.24) is 5.32 Å². The summed E-state index contributed by atoms with van der Waals surface area (Å²) in [6.45, 7) is 5.24. The molecule has 0 bridgehead atoms. The topological polar surface area (TPSA) is 71.3 Å². The van der Waals surface area contributed by atoms with Gasteiger partial charge >= 0.3 is 5.97 Å². The number of carbonyl (C=O) groups excluding carboxylic acids is 1. The zero-order valence-corrected chi connectivity index (χ0v) is 14.2. The van der Waals surface area contributed by atoms with E-state index < -0.39 is 5.97 Å². The minimum atomic E-state index is -0.632. The van der Waals surface area contributed by atoms with Gasteiger partial charge in [-0.3, -0.25) is 0 Å². The fourth-order valence-corrected chi connectivity index (χ4v) is 1.97. The van der Waals surface area contributed by atoms with Gasteiger partial charge in [-0.05, 0) is 31.0 Å². The van der Waals surface area contributed by atoms with Gasteiger partial charge in [-0.1, -0.05) is 30.7 Å². The van der Waals surface area contributed by atoms with Crippen LogP contribution >= 0.6 is 11.6 Å². The van der Waals surface area contributed by atoms with Crippen LogP contribution in [0.4, 0.5) is 0 Å². The molecule has 1 N–H and O–H groups in total. The largest absolute Gasteiger partial charge is 0.459 e. The predicted octanol–water partition coefficient (Wildman–Crippen LogP) is 3.20. The summed E-state index contributed by atoms with van der Waals surface area (Å²) in [4.78, 5) is 12.0. The zero-order valence-electron chi connectivity index (χ0n) is 13.4. The Labute approximate surface area is 141 Å². The lowest BCUT2D eigenvalue weighted by atomic mass is 10.1. The molecule has 1 aromatic carbocycles. The molecule has 0 heterocycles. The van der Waals surface area contributed by atoms with Crippen molar-refractivity contribution in [3.63, 3.8) is 0 Å². The molecule has 0 amide bonds. The van der Waals surface area contributed by atoms with E-state index in [2.05, 4.69) is 5.32 Å². The molecular weight excluding hydrogens is 316 g/mol. The van der Waals surface area contributed by atoms with Crippen molar-refractivity contribution >= 4 is 17.6 Å². The van der Waals surface area contributed by atoms with E-state index in [9.17, 15) is 10.1 Å². The third-order valence-corrected chi connectivity index (χ3v) is 3.31. The minimum absolute atomic E-state index is 0.00189. The van der Waals surface area contributed by atoms with E-state index >= 15 is 0 Å². The fourth-order valence-electron chi connectivity index (χ4n) is 1.85. The molecule has 0 radical (unpaired) electrons. The first-order valence-electron chi connectivity index (χ1n) is 7.48. The van der Waals surface area contributed by atoms with Gasteiger partial charge < -0.3 is 14.8 Å². The molecule has 0 aromatic heterocycles. The number of ether oxygens (including phenoxy) is 2. The van der Waals surface area contributed by atoms with Crippen LogP contribution in [0.2, 0.25) is 5.02 Å². The second-order valence-corrected chi connectivity index (χ2v) is 5.07. The Morgan fingerprint density at radius 1 is 1.26 bits per heavy atom. The maximum atomic E-state index is 12.0. The molecule has 0 aliphatic carbocycles. The summed E-state index contributed by atoms with van der Waals surface area (Å²) in [5.41, 5.74) is 1.56. The van der Waals surface area contributed by atoms with Crippen LogP contribution in [0.5, 0.6) is 0 Å². The number of halogens is 1. The van der Waals surface area contributed by atoms with Gasteiger partial charge in [-0.15, -0.1) is 0 Å². The van der Waals surface area contributed by atoms with Crippen molar-refractivity contribution in [3.05, 3.63) is 46.1 Å². The number of hydrogen-bond acceptors (Lipinski definition) is 5.